The molecule has 0 spiro atoms. The predicted molar refractivity (Wildman–Crippen MR) is 124 cm³/mol. The van der Waals surface area contributed by atoms with Crippen LogP contribution in [0.3, 0.4) is 0 Å². The molecule has 6 heteroatoms. The van der Waals surface area contributed by atoms with Gasteiger partial charge < -0.3 is 5.73 Å². The molecule has 0 unspecified atom stereocenters. The maximum absolute atomic E-state index is 12.4. The minimum atomic E-state index is -0.483. The molecule has 0 aromatic heterocycles. The molecular weight excluding hydrogens is 412 g/mol. The molecule has 0 radical (unpaired) electrons. The third-order valence-corrected chi connectivity index (χ3v) is 5.16. The highest BCUT2D eigenvalue weighted by Gasteiger charge is 2.21. The van der Waals surface area contributed by atoms with Crippen molar-refractivity contribution < 1.29 is 14.8 Å². The second-order valence-corrected chi connectivity index (χ2v) is 7.78. The summed E-state index contributed by atoms with van der Waals surface area (Å²) >= 11 is 5.85. The number of allylic oxidation sites excluding steroid dienone is 1. The van der Waals surface area contributed by atoms with Crippen LogP contribution in [0.15, 0.2) is 54.6 Å². The highest BCUT2D eigenvalue weighted by molar-refractivity contribution is 6.30. The molecule has 2 rings (SSSR count). The van der Waals surface area contributed by atoms with E-state index < -0.39 is 11.8 Å². The first-order chi connectivity index (χ1) is 14.9. The molecule has 2 aromatic rings. The molecular formula is C25H27ClN2O3. The highest BCUT2D eigenvalue weighted by Crippen LogP contribution is 2.16. The number of carbonyl (C=O) groups is 2. The van der Waals surface area contributed by atoms with Crippen molar-refractivity contribution in [2.45, 2.75) is 38.6 Å². The molecule has 4 N–H and O–H groups in total. The number of hydroxylamine groups is 1. The summed E-state index contributed by atoms with van der Waals surface area (Å²) in [6, 6.07) is 14.3. The van der Waals surface area contributed by atoms with E-state index in [1.54, 1.807) is 42.7 Å². The number of Topliss-reactive ketones (excluding diaryl/α,β-unsaturated/α-hetero) is 1. The zero-order valence-corrected chi connectivity index (χ0v) is 18.2. The van der Waals surface area contributed by atoms with Crippen molar-refractivity contribution in [3.8, 4) is 11.8 Å². The van der Waals surface area contributed by atoms with E-state index in [-0.39, 0.29) is 11.8 Å². The first-order valence-electron chi connectivity index (χ1n) is 10.2. The molecule has 2 aromatic carbocycles. The van der Waals surface area contributed by atoms with Crippen molar-refractivity contribution in [3.63, 3.8) is 0 Å². The van der Waals surface area contributed by atoms with Gasteiger partial charge in [0.1, 0.15) is 0 Å². The fourth-order valence-electron chi connectivity index (χ4n) is 3.09. The molecule has 0 saturated carbocycles. The Kier molecular flexibility index (Phi) is 9.99. The molecule has 0 bridgehead atoms. The maximum Gasteiger partial charge on any atom is 0.247 e. The third-order valence-electron chi connectivity index (χ3n) is 4.90. The second kappa shape index (κ2) is 12.7. The monoisotopic (exact) mass is 438 g/mol. The number of nitrogens with one attached hydrogen (secondary N) is 1. The lowest BCUT2D eigenvalue weighted by Crippen LogP contribution is -2.39. The van der Waals surface area contributed by atoms with E-state index >= 15 is 0 Å². The predicted octanol–water partition coefficient (Wildman–Crippen LogP) is 4.62. The smallest absolute Gasteiger partial charge is 0.247 e. The Morgan fingerprint density at radius 1 is 1.13 bits per heavy atom. The van der Waals surface area contributed by atoms with E-state index in [0.717, 1.165) is 11.1 Å². The van der Waals surface area contributed by atoms with Crippen LogP contribution in [-0.2, 0) is 4.79 Å². The number of benzene rings is 2. The normalized spacial score (nSPS) is 12.6. The average molecular weight is 439 g/mol. The van der Waals surface area contributed by atoms with Crippen molar-refractivity contribution in [1.82, 2.24) is 5.48 Å². The molecule has 0 heterocycles. The molecule has 0 aliphatic carbocycles. The molecule has 0 saturated heterocycles. The summed E-state index contributed by atoms with van der Waals surface area (Å²) < 4.78 is 0. The zero-order valence-electron chi connectivity index (χ0n) is 17.5. The van der Waals surface area contributed by atoms with Crippen LogP contribution in [0.25, 0.3) is 6.08 Å². The van der Waals surface area contributed by atoms with Gasteiger partial charge in [-0.15, -0.1) is 0 Å². The zero-order chi connectivity index (χ0) is 22.6. The number of ketones is 1. The van der Waals surface area contributed by atoms with Crippen LogP contribution >= 0.6 is 11.6 Å². The van der Waals surface area contributed by atoms with Crippen LogP contribution < -0.4 is 11.2 Å². The summed E-state index contributed by atoms with van der Waals surface area (Å²) in [5.74, 6) is 5.12. The molecule has 0 aliphatic heterocycles. The fourth-order valence-corrected chi connectivity index (χ4v) is 3.21. The minimum absolute atomic E-state index is 0.0574. The van der Waals surface area contributed by atoms with Gasteiger partial charge in [0.25, 0.3) is 0 Å². The van der Waals surface area contributed by atoms with Crippen LogP contribution in [0.1, 0.15) is 54.1 Å². The summed E-state index contributed by atoms with van der Waals surface area (Å²) in [6.45, 7) is 1.73. The Labute approximate surface area is 188 Å². The standard InChI is InChI=1S/C25H27ClN2O3/c1-18(27)23(25(30)28-31)8-4-5-9-24(29)21-14-10-19(11-15-21)6-2-3-7-20-12-16-22(26)17-13-20/h2,6,10-18,23,31H,4-5,8-9,27H2,1H3,(H,28,30)/b6-2+/t18-,23+/m1/s1. The highest BCUT2D eigenvalue weighted by atomic mass is 35.5. The Hall–Kier alpha value is -2.91. The third kappa shape index (κ3) is 8.39. The Bertz CT molecular complexity index is 955. The topological polar surface area (TPSA) is 92.4 Å². The summed E-state index contributed by atoms with van der Waals surface area (Å²) in [5.41, 5.74) is 9.93. The number of unbranched alkanes of at least 4 members (excludes halogenated alkanes) is 1. The van der Waals surface area contributed by atoms with Crippen LogP contribution in [0.4, 0.5) is 0 Å². The van der Waals surface area contributed by atoms with E-state index in [1.807, 2.05) is 30.3 Å². The van der Waals surface area contributed by atoms with Crippen molar-refractivity contribution in [1.29, 1.82) is 0 Å². The first-order valence-corrected chi connectivity index (χ1v) is 10.5. The fraction of sp³-hybridized carbons (Fsp3) is 0.280. The van der Waals surface area contributed by atoms with Gasteiger partial charge in [0, 0.05) is 28.6 Å². The number of hydrogen-bond acceptors (Lipinski definition) is 4. The summed E-state index contributed by atoms with van der Waals surface area (Å²) in [6.07, 6.45) is 5.91. The minimum Gasteiger partial charge on any atom is -0.327 e. The van der Waals surface area contributed by atoms with Crippen molar-refractivity contribution in [2.75, 3.05) is 0 Å². The van der Waals surface area contributed by atoms with Gasteiger partial charge in [0.15, 0.2) is 5.78 Å². The lowest BCUT2D eigenvalue weighted by molar-refractivity contribution is -0.134. The van der Waals surface area contributed by atoms with Crippen molar-refractivity contribution >= 4 is 29.4 Å². The molecule has 0 fully saturated rings. The number of rotatable bonds is 9. The molecule has 5 nitrogen and oxygen atoms in total. The first kappa shape index (κ1) is 24.4. The van der Waals surface area contributed by atoms with Crippen molar-refractivity contribution in [2.24, 2.45) is 11.7 Å². The number of amides is 1. The van der Waals surface area contributed by atoms with Gasteiger partial charge >= 0.3 is 0 Å². The molecule has 162 valence electrons. The van der Waals surface area contributed by atoms with Crippen LogP contribution in [0, 0.1) is 17.8 Å². The summed E-state index contributed by atoms with van der Waals surface area (Å²) in [7, 11) is 0. The molecule has 31 heavy (non-hydrogen) atoms. The van der Waals surface area contributed by atoms with E-state index in [9.17, 15) is 9.59 Å². The average Bonchev–Trinajstić information content (AvgIpc) is 2.77. The lowest BCUT2D eigenvalue weighted by Gasteiger charge is -2.18. The quantitative estimate of drug-likeness (QED) is 0.175. The van der Waals surface area contributed by atoms with Gasteiger partial charge in [0.05, 0.1) is 5.92 Å². The second-order valence-electron chi connectivity index (χ2n) is 7.34. The van der Waals surface area contributed by atoms with E-state index in [0.29, 0.717) is 36.3 Å². The molecule has 2 atom stereocenters. The number of carbonyl (C=O) groups excluding carboxylic acids is 2. The van der Waals surface area contributed by atoms with Gasteiger partial charge in [-0.25, -0.2) is 5.48 Å². The summed E-state index contributed by atoms with van der Waals surface area (Å²) in [4.78, 5) is 24.0. The van der Waals surface area contributed by atoms with E-state index in [1.165, 1.54) is 0 Å². The number of hydrogen-bond donors (Lipinski definition) is 3. The number of halogens is 1. The van der Waals surface area contributed by atoms with Gasteiger partial charge in [0.2, 0.25) is 5.91 Å². The van der Waals surface area contributed by atoms with Gasteiger partial charge in [-0.2, -0.15) is 0 Å². The largest absolute Gasteiger partial charge is 0.327 e. The number of nitrogens with two attached hydrogens (primary N) is 1. The molecule has 0 aliphatic rings. The van der Waals surface area contributed by atoms with Gasteiger partial charge in [-0.3, -0.25) is 14.8 Å². The molecule has 1 amide bonds. The maximum atomic E-state index is 12.4. The van der Waals surface area contributed by atoms with E-state index in [2.05, 4.69) is 11.8 Å². The van der Waals surface area contributed by atoms with Gasteiger partial charge in [-0.05, 0) is 61.7 Å². The SMILES string of the molecule is C[C@@H](N)[C@H](CCCCC(=O)c1ccc(/C=C/C#Cc2ccc(Cl)cc2)cc1)C(=O)NO. The van der Waals surface area contributed by atoms with Crippen LogP contribution in [0.5, 0.6) is 0 Å². The van der Waals surface area contributed by atoms with Crippen molar-refractivity contribution in [3.05, 3.63) is 76.3 Å². The lowest BCUT2D eigenvalue weighted by atomic mass is 9.93. The van der Waals surface area contributed by atoms with Crippen LogP contribution in [0.2, 0.25) is 5.02 Å². The Morgan fingerprint density at radius 3 is 2.42 bits per heavy atom. The van der Waals surface area contributed by atoms with E-state index in [4.69, 9.17) is 22.5 Å². The van der Waals surface area contributed by atoms with Crippen LogP contribution in [-0.4, -0.2) is 22.9 Å². The Morgan fingerprint density at radius 2 is 1.81 bits per heavy atom. The Balaban J connectivity index is 1.81. The summed E-state index contributed by atoms with van der Waals surface area (Å²) in [5, 5.41) is 9.45. The van der Waals surface area contributed by atoms with Gasteiger partial charge in [-0.1, -0.05) is 54.1 Å².